The van der Waals surface area contributed by atoms with Gasteiger partial charge in [-0.1, -0.05) is 19.8 Å². The highest BCUT2D eigenvalue weighted by Gasteiger charge is 2.44. The molecule has 0 radical (unpaired) electrons. The highest BCUT2D eigenvalue weighted by atomic mass is 16.4. The third-order valence-electron chi connectivity index (χ3n) is 4.94. The van der Waals surface area contributed by atoms with E-state index in [0.29, 0.717) is 18.8 Å². The molecule has 2 atom stereocenters. The van der Waals surface area contributed by atoms with Crippen LogP contribution in [0.15, 0.2) is 0 Å². The summed E-state index contributed by atoms with van der Waals surface area (Å²) in [5.41, 5.74) is -0.780. The van der Waals surface area contributed by atoms with Crippen molar-refractivity contribution in [3.05, 3.63) is 0 Å². The van der Waals surface area contributed by atoms with E-state index in [1.54, 1.807) is 0 Å². The second kappa shape index (κ2) is 5.51. The van der Waals surface area contributed by atoms with Gasteiger partial charge in [-0.25, -0.2) is 0 Å². The Hall–Kier alpha value is -1.06. The third-order valence-corrected chi connectivity index (χ3v) is 4.94. The Kier molecular flexibility index (Phi) is 4.16. The number of hydrogen-bond donors (Lipinski definition) is 1. The second-order valence-corrected chi connectivity index (χ2v) is 6.55. The Balaban J connectivity index is 2.05. The molecule has 0 aromatic rings. The molecule has 1 saturated heterocycles. The van der Waals surface area contributed by atoms with Crippen molar-refractivity contribution in [2.45, 2.75) is 64.8 Å². The average molecular weight is 267 g/mol. The van der Waals surface area contributed by atoms with Crippen LogP contribution < -0.4 is 0 Å². The minimum atomic E-state index is -0.781. The number of piperidine rings is 1. The van der Waals surface area contributed by atoms with Gasteiger partial charge < -0.3 is 10.0 Å². The van der Waals surface area contributed by atoms with Crippen LogP contribution in [0, 0.1) is 11.3 Å². The topological polar surface area (TPSA) is 57.6 Å². The Morgan fingerprint density at radius 1 is 1.21 bits per heavy atom. The largest absolute Gasteiger partial charge is 0.481 e. The molecular formula is C15H25NO3. The third kappa shape index (κ3) is 2.93. The zero-order valence-electron chi connectivity index (χ0n) is 12.0. The maximum absolute atomic E-state index is 12.5. The van der Waals surface area contributed by atoms with E-state index in [0.717, 1.165) is 32.2 Å². The van der Waals surface area contributed by atoms with Crippen molar-refractivity contribution in [2.24, 2.45) is 11.3 Å². The normalized spacial score (nSPS) is 30.3. The maximum atomic E-state index is 12.5. The SMILES string of the molecule is CC1CCC(C)N(C(=O)CC2(C(=O)O)CCCC2)C1. The molecule has 1 heterocycles. The monoisotopic (exact) mass is 267 g/mol. The maximum Gasteiger partial charge on any atom is 0.310 e. The first-order chi connectivity index (χ1) is 8.94. The highest BCUT2D eigenvalue weighted by Crippen LogP contribution is 2.42. The first-order valence-electron chi connectivity index (χ1n) is 7.47. The van der Waals surface area contributed by atoms with E-state index >= 15 is 0 Å². The summed E-state index contributed by atoms with van der Waals surface area (Å²) >= 11 is 0. The molecule has 1 N–H and O–H groups in total. The molecule has 2 fully saturated rings. The molecule has 108 valence electrons. The van der Waals surface area contributed by atoms with Gasteiger partial charge in [0.2, 0.25) is 5.91 Å². The molecule has 19 heavy (non-hydrogen) atoms. The molecule has 0 aromatic carbocycles. The lowest BCUT2D eigenvalue weighted by atomic mass is 9.81. The van der Waals surface area contributed by atoms with Crippen LogP contribution in [0.4, 0.5) is 0 Å². The molecule has 1 aliphatic heterocycles. The highest BCUT2D eigenvalue weighted by molar-refractivity contribution is 5.85. The van der Waals surface area contributed by atoms with Crippen molar-refractivity contribution in [1.82, 2.24) is 4.90 Å². The first-order valence-corrected chi connectivity index (χ1v) is 7.47. The van der Waals surface area contributed by atoms with E-state index in [9.17, 15) is 14.7 Å². The van der Waals surface area contributed by atoms with Crippen molar-refractivity contribution in [3.8, 4) is 0 Å². The van der Waals surface area contributed by atoms with Gasteiger partial charge in [0, 0.05) is 19.0 Å². The summed E-state index contributed by atoms with van der Waals surface area (Å²) in [7, 11) is 0. The van der Waals surface area contributed by atoms with Gasteiger partial charge in [0.15, 0.2) is 0 Å². The quantitative estimate of drug-likeness (QED) is 0.855. The summed E-state index contributed by atoms with van der Waals surface area (Å²) < 4.78 is 0. The Morgan fingerprint density at radius 2 is 1.84 bits per heavy atom. The predicted molar refractivity (Wildman–Crippen MR) is 72.7 cm³/mol. The van der Waals surface area contributed by atoms with Gasteiger partial charge in [0.25, 0.3) is 0 Å². The number of aliphatic carboxylic acids is 1. The number of carboxylic acids is 1. The van der Waals surface area contributed by atoms with E-state index in [-0.39, 0.29) is 18.4 Å². The fraction of sp³-hybridized carbons (Fsp3) is 0.867. The van der Waals surface area contributed by atoms with Gasteiger partial charge >= 0.3 is 5.97 Å². The van der Waals surface area contributed by atoms with Crippen LogP contribution in [-0.4, -0.2) is 34.5 Å². The molecule has 4 heteroatoms. The molecule has 2 unspecified atom stereocenters. The van der Waals surface area contributed by atoms with E-state index in [4.69, 9.17) is 0 Å². The van der Waals surface area contributed by atoms with Gasteiger partial charge in [-0.3, -0.25) is 9.59 Å². The lowest BCUT2D eigenvalue weighted by Crippen LogP contribution is -2.47. The predicted octanol–water partition coefficient (Wildman–Crippen LogP) is 2.67. The standard InChI is InChI=1S/C15H25NO3/c1-11-5-6-12(2)16(10-11)13(17)9-15(14(18)19)7-3-4-8-15/h11-12H,3-10H2,1-2H3,(H,18,19). The average Bonchev–Trinajstić information content (AvgIpc) is 2.82. The summed E-state index contributed by atoms with van der Waals surface area (Å²) in [4.78, 5) is 25.9. The fourth-order valence-electron chi connectivity index (χ4n) is 3.55. The van der Waals surface area contributed by atoms with Crippen LogP contribution in [0.2, 0.25) is 0 Å². The molecule has 1 amide bonds. The number of hydrogen-bond acceptors (Lipinski definition) is 2. The number of rotatable bonds is 3. The molecule has 0 spiro atoms. The molecule has 1 saturated carbocycles. The van der Waals surface area contributed by atoms with Crippen LogP contribution in [0.1, 0.15) is 58.8 Å². The Morgan fingerprint density at radius 3 is 2.42 bits per heavy atom. The summed E-state index contributed by atoms with van der Waals surface area (Å²) in [6.45, 7) is 5.02. The molecule has 0 aromatic heterocycles. The van der Waals surface area contributed by atoms with Crippen molar-refractivity contribution >= 4 is 11.9 Å². The van der Waals surface area contributed by atoms with Crippen LogP contribution >= 0.6 is 0 Å². The Labute approximate surface area is 115 Å². The molecule has 0 bridgehead atoms. The fourth-order valence-corrected chi connectivity index (χ4v) is 3.55. The molecular weight excluding hydrogens is 242 g/mol. The van der Waals surface area contributed by atoms with Crippen molar-refractivity contribution in [1.29, 1.82) is 0 Å². The number of likely N-dealkylation sites (tertiary alicyclic amines) is 1. The van der Waals surface area contributed by atoms with Crippen molar-refractivity contribution in [2.75, 3.05) is 6.54 Å². The van der Waals surface area contributed by atoms with Gasteiger partial charge in [-0.2, -0.15) is 0 Å². The number of carboxylic acid groups (broad SMARTS) is 1. The summed E-state index contributed by atoms with van der Waals surface area (Å²) in [5, 5.41) is 9.46. The first kappa shape index (κ1) is 14.4. The summed E-state index contributed by atoms with van der Waals surface area (Å²) in [5.74, 6) is -0.205. The van der Waals surface area contributed by atoms with Crippen LogP contribution in [0.25, 0.3) is 0 Å². The van der Waals surface area contributed by atoms with Crippen LogP contribution in [-0.2, 0) is 9.59 Å². The zero-order chi connectivity index (χ0) is 14.0. The minimum Gasteiger partial charge on any atom is -0.481 e. The lowest BCUT2D eigenvalue weighted by Gasteiger charge is -2.38. The van der Waals surface area contributed by atoms with E-state index in [1.807, 2.05) is 4.90 Å². The number of amides is 1. The number of nitrogens with zero attached hydrogens (tertiary/aromatic N) is 1. The zero-order valence-corrected chi connectivity index (χ0v) is 12.0. The van der Waals surface area contributed by atoms with Gasteiger partial charge in [-0.15, -0.1) is 0 Å². The van der Waals surface area contributed by atoms with Gasteiger partial charge in [0.05, 0.1) is 5.41 Å². The summed E-state index contributed by atoms with van der Waals surface area (Å²) in [6.07, 6.45) is 5.58. The molecule has 4 nitrogen and oxygen atoms in total. The van der Waals surface area contributed by atoms with Crippen molar-refractivity contribution < 1.29 is 14.7 Å². The number of carbonyl (C=O) groups excluding carboxylic acids is 1. The molecule has 1 aliphatic carbocycles. The molecule has 2 rings (SSSR count). The number of carbonyl (C=O) groups is 2. The lowest BCUT2D eigenvalue weighted by molar-refractivity contribution is -0.154. The summed E-state index contributed by atoms with van der Waals surface area (Å²) in [6, 6.07) is 0.260. The van der Waals surface area contributed by atoms with E-state index in [2.05, 4.69) is 13.8 Å². The van der Waals surface area contributed by atoms with Gasteiger partial charge in [-0.05, 0) is 38.5 Å². The van der Waals surface area contributed by atoms with Crippen LogP contribution in [0.5, 0.6) is 0 Å². The Bertz CT molecular complexity index is 360. The van der Waals surface area contributed by atoms with Gasteiger partial charge in [0.1, 0.15) is 0 Å². The van der Waals surface area contributed by atoms with Crippen LogP contribution in [0.3, 0.4) is 0 Å². The van der Waals surface area contributed by atoms with E-state index in [1.165, 1.54) is 0 Å². The second-order valence-electron chi connectivity index (χ2n) is 6.55. The smallest absolute Gasteiger partial charge is 0.310 e. The van der Waals surface area contributed by atoms with E-state index < -0.39 is 11.4 Å². The van der Waals surface area contributed by atoms with Crippen molar-refractivity contribution in [3.63, 3.8) is 0 Å². The molecule has 2 aliphatic rings. The minimum absolute atomic E-state index is 0.0448.